The molecule has 0 spiro atoms. The fourth-order valence-corrected chi connectivity index (χ4v) is 3.69. The van der Waals surface area contributed by atoms with E-state index in [9.17, 15) is 13.2 Å². The normalized spacial score (nSPS) is 21.0. The van der Waals surface area contributed by atoms with Gasteiger partial charge in [0.25, 0.3) is 0 Å². The predicted molar refractivity (Wildman–Crippen MR) is 87.2 cm³/mol. The zero-order valence-corrected chi connectivity index (χ0v) is 13.5. The van der Waals surface area contributed by atoms with Crippen molar-refractivity contribution in [2.24, 2.45) is 0 Å². The molecule has 2 bridgehead atoms. The summed E-state index contributed by atoms with van der Waals surface area (Å²) >= 11 is 0. The number of halogens is 3. The van der Waals surface area contributed by atoms with E-state index in [-0.39, 0.29) is 29.4 Å². The van der Waals surface area contributed by atoms with Gasteiger partial charge in [-0.2, -0.15) is 0 Å². The van der Waals surface area contributed by atoms with Crippen molar-refractivity contribution in [1.29, 1.82) is 0 Å². The van der Waals surface area contributed by atoms with Crippen LogP contribution in [0.3, 0.4) is 0 Å². The summed E-state index contributed by atoms with van der Waals surface area (Å²) in [4.78, 5) is 0. The van der Waals surface area contributed by atoms with E-state index in [4.69, 9.17) is 0 Å². The minimum atomic E-state index is -0.982. The Balaban J connectivity index is 1.78. The summed E-state index contributed by atoms with van der Waals surface area (Å²) in [6, 6.07) is 0. The lowest BCUT2D eigenvalue weighted by Gasteiger charge is -2.30. The van der Waals surface area contributed by atoms with Crippen LogP contribution in [-0.4, -0.2) is 0 Å². The molecule has 0 unspecified atom stereocenters. The van der Waals surface area contributed by atoms with Crippen LogP contribution in [0.1, 0.15) is 74.0 Å². The summed E-state index contributed by atoms with van der Waals surface area (Å²) in [5.74, 6) is -2.96. The topological polar surface area (TPSA) is 0 Å². The highest BCUT2D eigenvalue weighted by molar-refractivity contribution is 5.53. The highest BCUT2D eigenvalue weighted by Crippen LogP contribution is 2.44. The SMILES string of the molecule is CCCCCCCCc1c(F)c(F)c2c(c1F)C1C=CC2C=C1. The number of rotatable bonds is 7. The summed E-state index contributed by atoms with van der Waals surface area (Å²) in [6.45, 7) is 2.15. The molecule has 124 valence electrons. The molecule has 0 nitrogen and oxygen atoms in total. The molecule has 3 heteroatoms. The van der Waals surface area contributed by atoms with Crippen LogP contribution in [0.15, 0.2) is 24.3 Å². The average Bonchev–Trinajstić information content (AvgIpc) is 2.58. The zero-order chi connectivity index (χ0) is 16.4. The van der Waals surface area contributed by atoms with Crippen LogP contribution in [0, 0.1) is 17.5 Å². The molecule has 0 aliphatic heterocycles. The number of unbranched alkanes of at least 4 members (excludes halogenated alkanes) is 5. The van der Waals surface area contributed by atoms with Crippen molar-refractivity contribution in [3.05, 3.63) is 58.4 Å². The van der Waals surface area contributed by atoms with Gasteiger partial charge in [-0.25, -0.2) is 13.2 Å². The van der Waals surface area contributed by atoms with E-state index in [0.717, 1.165) is 19.3 Å². The zero-order valence-electron chi connectivity index (χ0n) is 13.5. The maximum absolute atomic E-state index is 14.8. The quantitative estimate of drug-likeness (QED) is 0.313. The molecule has 3 aliphatic rings. The monoisotopic (exact) mass is 320 g/mol. The Morgan fingerprint density at radius 3 is 1.83 bits per heavy atom. The molecule has 4 rings (SSSR count). The lowest BCUT2D eigenvalue weighted by molar-refractivity contribution is 0.456. The number of hydrogen-bond donors (Lipinski definition) is 0. The highest BCUT2D eigenvalue weighted by Gasteiger charge is 2.34. The van der Waals surface area contributed by atoms with Gasteiger partial charge in [0.05, 0.1) is 0 Å². The fourth-order valence-electron chi connectivity index (χ4n) is 3.69. The van der Waals surface area contributed by atoms with Gasteiger partial charge in [-0.15, -0.1) is 0 Å². The van der Waals surface area contributed by atoms with E-state index in [0.29, 0.717) is 12.0 Å². The van der Waals surface area contributed by atoms with Crippen LogP contribution in [0.5, 0.6) is 0 Å². The first kappa shape index (κ1) is 16.4. The molecule has 0 amide bonds. The minimum Gasteiger partial charge on any atom is -0.206 e. The Labute approximate surface area is 136 Å². The minimum absolute atomic E-state index is 0.0638. The van der Waals surface area contributed by atoms with E-state index in [2.05, 4.69) is 6.92 Å². The molecular weight excluding hydrogens is 297 g/mol. The lowest BCUT2D eigenvalue weighted by Crippen LogP contribution is -2.19. The maximum atomic E-state index is 14.8. The molecule has 1 aromatic rings. The molecule has 23 heavy (non-hydrogen) atoms. The van der Waals surface area contributed by atoms with Gasteiger partial charge < -0.3 is 0 Å². The molecule has 0 fully saturated rings. The highest BCUT2D eigenvalue weighted by atomic mass is 19.2. The van der Waals surface area contributed by atoms with E-state index >= 15 is 0 Å². The van der Waals surface area contributed by atoms with Crippen LogP contribution in [0.2, 0.25) is 0 Å². The second-order valence-electron chi connectivity index (χ2n) is 6.59. The van der Waals surface area contributed by atoms with Gasteiger partial charge in [0, 0.05) is 28.5 Å². The fraction of sp³-hybridized carbons (Fsp3) is 0.500. The Morgan fingerprint density at radius 1 is 0.696 bits per heavy atom. The van der Waals surface area contributed by atoms with Crippen LogP contribution >= 0.6 is 0 Å². The van der Waals surface area contributed by atoms with Crippen molar-refractivity contribution >= 4 is 0 Å². The number of allylic oxidation sites excluding steroid dienone is 4. The van der Waals surface area contributed by atoms with Crippen LogP contribution in [-0.2, 0) is 6.42 Å². The molecule has 0 aromatic heterocycles. The second kappa shape index (κ2) is 6.94. The van der Waals surface area contributed by atoms with Gasteiger partial charge in [0.15, 0.2) is 11.6 Å². The largest absolute Gasteiger partial charge is 0.206 e. The van der Waals surface area contributed by atoms with Crippen molar-refractivity contribution in [3.8, 4) is 0 Å². The molecular formula is C20H23F3. The second-order valence-corrected chi connectivity index (χ2v) is 6.59. The average molecular weight is 320 g/mol. The summed E-state index contributed by atoms with van der Waals surface area (Å²) in [6.07, 6.45) is 13.9. The van der Waals surface area contributed by atoms with Crippen molar-refractivity contribution in [2.45, 2.75) is 63.7 Å². The third-order valence-electron chi connectivity index (χ3n) is 4.98. The predicted octanol–water partition coefficient (Wildman–Crippen LogP) is 6.31. The van der Waals surface area contributed by atoms with Crippen molar-refractivity contribution in [3.63, 3.8) is 0 Å². The Kier molecular flexibility index (Phi) is 4.93. The smallest absolute Gasteiger partial charge is 0.165 e. The summed E-state index contributed by atoms with van der Waals surface area (Å²) in [7, 11) is 0. The standard InChI is InChI=1S/C20H23F3/c1-2-3-4-5-6-7-8-15-18(21)16-13-9-11-14(12-10-13)17(16)20(23)19(15)22/h9-14H,2-8H2,1H3. The van der Waals surface area contributed by atoms with E-state index < -0.39 is 17.5 Å². The van der Waals surface area contributed by atoms with Crippen molar-refractivity contribution in [1.82, 2.24) is 0 Å². The molecule has 0 N–H and O–H groups in total. The first-order valence-corrected chi connectivity index (χ1v) is 8.70. The van der Waals surface area contributed by atoms with Crippen LogP contribution in [0.25, 0.3) is 0 Å². The third-order valence-corrected chi connectivity index (χ3v) is 4.98. The van der Waals surface area contributed by atoms with Crippen LogP contribution in [0.4, 0.5) is 13.2 Å². The van der Waals surface area contributed by atoms with E-state index in [1.165, 1.54) is 12.8 Å². The molecule has 0 heterocycles. The Bertz CT molecular complexity index is 629. The van der Waals surface area contributed by atoms with E-state index in [1.807, 2.05) is 24.3 Å². The molecule has 3 aliphatic carbocycles. The van der Waals surface area contributed by atoms with Crippen molar-refractivity contribution < 1.29 is 13.2 Å². The Hall–Kier alpha value is -1.51. The maximum Gasteiger partial charge on any atom is 0.165 e. The molecule has 1 aromatic carbocycles. The Morgan fingerprint density at radius 2 is 1.22 bits per heavy atom. The van der Waals surface area contributed by atoms with Crippen LogP contribution < -0.4 is 0 Å². The summed E-state index contributed by atoms with van der Waals surface area (Å²) < 4.78 is 43.6. The van der Waals surface area contributed by atoms with Gasteiger partial charge in [0.1, 0.15) is 5.82 Å². The first-order chi connectivity index (χ1) is 11.1. The number of hydrogen-bond acceptors (Lipinski definition) is 0. The lowest BCUT2D eigenvalue weighted by atomic mass is 9.75. The molecule has 0 saturated heterocycles. The third kappa shape index (κ3) is 2.98. The van der Waals surface area contributed by atoms with Crippen molar-refractivity contribution in [2.75, 3.05) is 0 Å². The van der Waals surface area contributed by atoms with Gasteiger partial charge >= 0.3 is 0 Å². The number of benzene rings is 1. The van der Waals surface area contributed by atoms with E-state index in [1.54, 1.807) is 0 Å². The summed E-state index contributed by atoms with van der Waals surface area (Å²) in [5.41, 5.74) is 0.479. The summed E-state index contributed by atoms with van der Waals surface area (Å²) in [5, 5.41) is 0. The van der Waals surface area contributed by atoms with Gasteiger partial charge in [-0.05, 0) is 12.8 Å². The molecule has 0 saturated carbocycles. The van der Waals surface area contributed by atoms with Gasteiger partial charge in [-0.3, -0.25) is 0 Å². The van der Waals surface area contributed by atoms with Gasteiger partial charge in [0.2, 0.25) is 0 Å². The molecule has 0 radical (unpaired) electrons. The first-order valence-electron chi connectivity index (χ1n) is 8.70. The molecule has 0 atom stereocenters. The van der Waals surface area contributed by atoms with Gasteiger partial charge in [-0.1, -0.05) is 63.3 Å².